The van der Waals surface area contributed by atoms with Gasteiger partial charge in [-0.3, -0.25) is 4.79 Å². The van der Waals surface area contributed by atoms with Gasteiger partial charge in [-0.2, -0.15) is 8.75 Å². The number of hydrogen-bond donors (Lipinski definition) is 0. The zero-order valence-electron chi connectivity index (χ0n) is 8.27. The molecule has 0 saturated heterocycles. The molecule has 2 aromatic rings. The van der Waals surface area contributed by atoms with Crippen molar-refractivity contribution in [2.75, 3.05) is 0 Å². The molecule has 0 aromatic carbocycles. The van der Waals surface area contributed by atoms with E-state index in [-0.39, 0.29) is 5.78 Å². The Labute approximate surface area is 96.1 Å². The van der Waals surface area contributed by atoms with Crippen molar-refractivity contribution in [3.8, 4) is 0 Å². The van der Waals surface area contributed by atoms with Crippen LogP contribution in [0.25, 0.3) is 0 Å². The molecule has 0 aliphatic rings. The third-order valence-electron chi connectivity index (χ3n) is 2.05. The highest BCUT2D eigenvalue weighted by molar-refractivity contribution is 7.12. The Morgan fingerprint density at radius 2 is 2.20 bits per heavy atom. The summed E-state index contributed by atoms with van der Waals surface area (Å²) in [5.74, 6) is 0.0493. The predicted octanol–water partition coefficient (Wildman–Crippen LogP) is 2.59. The van der Waals surface area contributed by atoms with Crippen molar-refractivity contribution in [3.05, 3.63) is 33.8 Å². The minimum Gasteiger partial charge on any atom is -0.292 e. The maximum Gasteiger partial charge on any atom is 0.189 e. The Kier molecular flexibility index (Phi) is 3.23. The summed E-state index contributed by atoms with van der Waals surface area (Å²) in [6.07, 6.45) is 2.99. The zero-order valence-corrected chi connectivity index (χ0v) is 9.90. The number of thiophene rings is 1. The molecular formula is C10H10N2OS2. The Balaban J connectivity index is 2.06. The Morgan fingerprint density at radius 1 is 1.40 bits per heavy atom. The minimum atomic E-state index is 0.0493. The molecule has 2 rings (SSSR count). The Morgan fingerprint density at radius 3 is 2.80 bits per heavy atom. The van der Waals surface area contributed by atoms with E-state index in [0.717, 1.165) is 23.0 Å². The number of rotatable bonds is 4. The Bertz CT molecular complexity index is 448. The standard InChI is InChI=1S/C10H10N2OS2/c1-2-7-3-4-8(14-7)5-10(13)9-6-11-15-12-9/h3-4,6H,2,5H2,1H3. The van der Waals surface area contributed by atoms with Gasteiger partial charge in [-0.25, -0.2) is 0 Å². The van der Waals surface area contributed by atoms with Gasteiger partial charge in [0.25, 0.3) is 0 Å². The number of ketones is 1. The molecule has 0 aliphatic heterocycles. The second-order valence-electron chi connectivity index (χ2n) is 3.11. The fraction of sp³-hybridized carbons (Fsp3) is 0.300. The normalized spacial score (nSPS) is 10.5. The number of aromatic nitrogens is 2. The lowest BCUT2D eigenvalue weighted by Crippen LogP contribution is -2.01. The summed E-state index contributed by atoms with van der Waals surface area (Å²) in [5.41, 5.74) is 0.478. The molecule has 0 spiro atoms. The first-order chi connectivity index (χ1) is 7.29. The number of aryl methyl sites for hydroxylation is 1. The average Bonchev–Trinajstić information content (AvgIpc) is 2.87. The van der Waals surface area contributed by atoms with E-state index in [9.17, 15) is 4.79 Å². The van der Waals surface area contributed by atoms with E-state index in [0.29, 0.717) is 12.1 Å². The molecule has 0 aliphatic carbocycles. The summed E-state index contributed by atoms with van der Waals surface area (Å²) in [7, 11) is 0. The molecule has 0 unspecified atom stereocenters. The summed E-state index contributed by atoms with van der Waals surface area (Å²) in [6, 6.07) is 4.09. The fourth-order valence-corrected chi connectivity index (χ4v) is 2.63. The molecule has 0 fully saturated rings. The summed E-state index contributed by atoms with van der Waals surface area (Å²) in [5, 5.41) is 0. The van der Waals surface area contributed by atoms with E-state index in [1.165, 1.54) is 11.1 Å². The van der Waals surface area contributed by atoms with Crippen molar-refractivity contribution >= 4 is 28.8 Å². The van der Waals surface area contributed by atoms with Crippen LogP contribution in [-0.4, -0.2) is 14.5 Å². The fourth-order valence-electron chi connectivity index (χ4n) is 1.24. The van der Waals surface area contributed by atoms with Gasteiger partial charge in [0, 0.05) is 16.2 Å². The molecule has 15 heavy (non-hydrogen) atoms. The molecule has 5 heteroatoms. The molecule has 78 valence electrons. The van der Waals surface area contributed by atoms with Crippen LogP contribution in [0.4, 0.5) is 0 Å². The van der Waals surface area contributed by atoms with Gasteiger partial charge in [0.2, 0.25) is 0 Å². The quantitative estimate of drug-likeness (QED) is 0.769. The van der Waals surface area contributed by atoms with Crippen molar-refractivity contribution < 1.29 is 4.79 Å². The summed E-state index contributed by atoms with van der Waals surface area (Å²) in [6.45, 7) is 2.11. The Hall–Kier alpha value is -1.07. The second-order valence-corrected chi connectivity index (χ2v) is 4.92. The second kappa shape index (κ2) is 4.63. The highest BCUT2D eigenvalue weighted by atomic mass is 32.1. The van der Waals surface area contributed by atoms with E-state index >= 15 is 0 Å². The summed E-state index contributed by atoms with van der Waals surface area (Å²) >= 11 is 2.76. The molecule has 0 amide bonds. The molecule has 0 saturated carbocycles. The van der Waals surface area contributed by atoms with Crippen molar-refractivity contribution in [3.63, 3.8) is 0 Å². The summed E-state index contributed by atoms with van der Waals surface area (Å²) < 4.78 is 7.74. The lowest BCUT2D eigenvalue weighted by Gasteiger charge is -1.92. The van der Waals surface area contributed by atoms with Crippen LogP contribution >= 0.6 is 23.1 Å². The van der Waals surface area contributed by atoms with Crippen molar-refractivity contribution in [2.45, 2.75) is 19.8 Å². The monoisotopic (exact) mass is 238 g/mol. The maximum absolute atomic E-state index is 11.7. The average molecular weight is 238 g/mol. The third-order valence-corrected chi connectivity index (χ3v) is 3.76. The predicted molar refractivity (Wildman–Crippen MR) is 61.6 cm³/mol. The molecule has 0 bridgehead atoms. The van der Waals surface area contributed by atoms with Gasteiger partial charge in [0.1, 0.15) is 5.69 Å². The molecule has 0 radical (unpaired) electrons. The number of carbonyl (C=O) groups is 1. The number of hydrogen-bond acceptors (Lipinski definition) is 5. The van der Waals surface area contributed by atoms with Crippen molar-refractivity contribution in [1.29, 1.82) is 0 Å². The first-order valence-electron chi connectivity index (χ1n) is 4.68. The molecular weight excluding hydrogens is 228 g/mol. The molecule has 0 atom stereocenters. The smallest absolute Gasteiger partial charge is 0.189 e. The van der Waals surface area contributed by atoms with E-state index in [2.05, 4.69) is 21.7 Å². The van der Waals surface area contributed by atoms with Crippen LogP contribution in [0.1, 0.15) is 27.2 Å². The van der Waals surface area contributed by atoms with E-state index in [4.69, 9.17) is 0 Å². The first-order valence-corrected chi connectivity index (χ1v) is 6.22. The highest BCUT2D eigenvalue weighted by Crippen LogP contribution is 2.18. The van der Waals surface area contributed by atoms with Crippen LogP contribution in [0.3, 0.4) is 0 Å². The van der Waals surface area contributed by atoms with Gasteiger partial charge in [-0.15, -0.1) is 11.3 Å². The third kappa shape index (κ3) is 2.49. The van der Waals surface area contributed by atoms with Crippen LogP contribution in [0.15, 0.2) is 18.3 Å². The van der Waals surface area contributed by atoms with Crippen LogP contribution in [0, 0.1) is 0 Å². The van der Waals surface area contributed by atoms with Crippen LogP contribution in [-0.2, 0) is 12.8 Å². The zero-order chi connectivity index (χ0) is 10.7. The van der Waals surface area contributed by atoms with Gasteiger partial charge in [0.15, 0.2) is 5.78 Å². The molecule has 2 heterocycles. The highest BCUT2D eigenvalue weighted by Gasteiger charge is 2.11. The van der Waals surface area contributed by atoms with Crippen molar-refractivity contribution in [2.24, 2.45) is 0 Å². The largest absolute Gasteiger partial charge is 0.292 e. The van der Waals surface area contributed by atoms with Crippen LogP contribution < -0.4 is 0 Å². The number of nitrogens with zero attached hydrogens (tertiary/aromatic N) is 2. The van der Waals surface area contributed by atoms with Gasteiger partial charge < -0.3 is 0 Å². The van der Waals surface area contributed by atoms with Gasteiger partial charge in [-0.05, 0) is 18.6 Å². The SMILES string of the molecule is CCc1ccc(CC(=O)c2cnsn2)s1. The molecule has 3 nitrogen and oxygen atoms in total. The lowest BCUT2D eigenvalue weighted by molar-refractivity contribution is 0.0990. The van der Waals surface area contributed by atoms with E-state index in [1.807, 2.05) is 6.07 Å². The number of Topliss-reactive ketones (excluding diaryl/α,β-unsaturated/α-hetero) is 1. The first kappa shape index (κ1) is 10.4. The topological polar surface area (TPSA) is 42.9 Å². The van der Waals surface area contributed by atoms with E-state index in [1.54, 1.807) is 11.3 Å². The lowest BCUT2D eigenvalue weighted by atomic mass is 10.2. The van der Waals surface area contributed by atoms with Gasteiger partial charge >= 0.3 is 0 Å². The molecule has 2 aromatic heterocycles. The van der Waals surface area contributed by atoms with Crippen molar-refractivity contribution in [1.82, 2.24) is 8.75 Å². The van der Waals surface area contributed by atoms with E-state index < -0.39 is 0 Å². The van der Waals surface area contributed by atoms with Crippen LogP contribution in [0.5, 0.6) is 0 Å². The molecule has 0 N–H and O–H groups in total. The minimum absolute atomic E-state index is 0.0493. The van der Waals surface area contributed by atoms with Crippen LogP contribution in [0.2, 0.25) is 0 Å². The maximum atomic E-state index is 11.7. The number of carbonyl (C=O) groups excluding carboxylic acids is 1. The van der Waals surface area contributed by atoms with Gasteiger partial charge in [0.05, 0.1) is 17.9 Å². The van der Waals surface area contributed by atoms with Gasteiger partial charge in [-0.1, -0.05) is 6.92 Å². The summed E-state index contributed by atoms with van der Waals surface area (Å²) in [4.78, 5) is 14.1.